The van der Waals surface area contributed by atoms with Gasteiger partial charge in [0.1, 0.15) is 0 Å². The fraction of sp³-hybridized carbons (Fsp3) is 0.667. The molecule has 0 fully saturated rings. The molecule has 0 amide bonds. The lowest BCUT2D eigenvalue weighted by Crippen LogP contribution is -1.99. The summed E-state index contributed by atoms with van der Waals surface area (Å²) < 4.78 is 0. The number of nitrogens with one attached hydrogen (secondary N) is 1. The number of nitrogens with two attached hydrogens (primary N) is 1. The molecule has 0 aliphatic carbocycles. The zero-order chi connectivity index (χ0) is 13.1. The molecule has 1 aromatic heterocycles. The van der Waals surface area contributed by atoms with E-state index in [4.69, 9.17) is 5.73 Å². The SMILES string of the molecule is NCCCCCCCCCCC(=O)c1ccc[nH]1. The molecule has 102 valence electrons. The summed E-state index contributed by atoms with van der Waals surface area (Å²) in [6.07, 6.45) is 12.2. The maximum absolute atomic E-state index is 11.7. The molecule has 1 aromatic rings. The number of H-pyrrole nitrogens is 1. The van der Waals surface area contributed by atoms with Gasteiger partial charge in [-0.15, -0.1) is 0 Å². The first-order chi connectivity index (χ1) is 8.84. The zero-order valence-corrected chi connectivity index (χ0v) is 11.3. The monoisotopic (exact) mass is 250 g/mol. The maximum atomic E-state index is 11.7. The number of hydrogen-bond donors (Lipinski definition) is 2. The van der Waals surface area contributed by atoms with Crippen molar-refractivity contribution in [3.63, 3.8) is 0 Å². The zero-order valence-electron chi connectivity index (χ0n) is 11.3. The van der Waals surface area contributed by atoms with E-state index in [0.717, 1.165) is 25.1 Å². The number of ketones is 1. The Hall–Kier alpha value is -1.09. The average Bonchev–Trinajstić information content (AvgIpc) is 2.90. The van der Waals surface area contributed by atoms with Gasteiger partial charge in [-0.05, 0) is 31.5 Å². The van der Waals surface area contributed by atoms with Gasteiger partial charge in [0, 0.05) is 12.6 Å². The Morgan fingerprint density at radius 1 is 1.00 bits per heavy atom. The van der Waals surface area contributed by atoms with Gasteiger partial charge < -0.3 is 10.7 Å². The molecule has 0 aromatic carbocycles. The Kier molecular flexibility index (Phi) is 8.23. The van der Waals surface area contributed by atoms with Gasteiger partial charge in [0.2, 0.25) is 0 Å². The van der Waals surface area contributed by atoms with E-state index in [-0.39, 0.29) is 5.78 Å². The van der Waals surface area contributed by atoms with Crippen molar-refractivity contribution in [1.82, 2.24) is 4.98 Å². The van der Waals surface area contributed by atoms with Gasteiger partial charge in [-0.3, -0.25) is 4.79 Å². The topological polar surface area (TPSA) is 58.9 Å². The molecule has 0 aliphatic heterocycles. The molecule has 0 spiro atoms. The minimum atomic E-state index is 0.239. The van der Waals surface area contributed by atoms with E-state index in [1.54, 1.807) is 6.20 Å². The summed E-state index contributed by atoms with van der Waals surface area (Å²) >= 11 is 0. The van der Waals surface area contributed by atoms with E-state index in [1.165, 1.54) is 38.5 Å². The summed E-state index contributed by atoms with van der Waals surface area (Å²) in [6, 6.07) is 3.72. The van der Waals surface area contributed by atoms with Crippen LogP contribution in [0.15, 0.2) is 18.3 Å². The summed E-state index contributed by atoms with van der Waals surface area (Å²) in [4.78, 5) is 14.6. The second-order valence-electron chi connectivity index (χ2n) is 4.87. The molecule has 0 radical (unpaired) electrons. The summed E-state index contributed by atoms with van der Waals surface area (Å²) in [5.74, 6) is 0.239. The third-order valence-electron chi connectivity index (χ3n) is 3.26. The lowest BCUT2D eigenvalue weighted by molar-refractivity contribution is 0.0975. The molecular weight excluding hydrogens is 224 g/mol. The average molecular weight is 250 g/mol. The highest BCUT2D eigenvalue weighted by Gasteiger charge is 2.04. The van der Waals surface area contributed by atoms with E-state index in [0.29, 0.717) is 6.42 Å². The van der Waals surface area contributed by atoms with Crippen molar-refractivity contribution in [2.75, 3.05) is 6.54 Å². The van der Waals surface area contributed by atoms with Gasteiger partial charge in [0.05, 0.1) is 5.69 Å². The molecule has 3 N–H and O–H groups in total. The molecule has 0 saturated carbocycles. The largest absolute Gasteiger partial charge is 0.359 e. The molecule has 3 nitrogen and oxygen atoms in total. The van der Waals surface area contributed by atoms with Crippen LogP contribution in [0, 0.1) is 0 Å². The first kappa shape index (κ1) is 15.0. The summed E-state index contributed by atoms with van der Waals surface area (Å²) in [5, 5.41) is 0. The van der Waals surface area contributed by atoms with Crippen LogP contribution in [0.3, 0.4) is 0 Å². The van der Waals surface area contributed by atoms with Gasteiger partial charge >= 0.3 is 0 Å². The highest BCUT2D eigenvalue weighted by molar-refractivity contribution is 5.94. The van der Waals surface area contributed by atoms with Crippen molar-refractivity contribution in [3.8, 4) is 0 Å². The van der Waals surface area contributed by atoms with Gasteiger partial charge in [-0.1, -0.05) is 38.5 Å². The first-order valence-electron chi connectivity index (χ1n) is 7.21. The minimum absolute atomic E-state index is 0.239. The molecule has 18 heavy (non-hydrogen) atoms. The Morgan fingerprint density at radius 2 is 1.61 bits per heavy atom. The number of carbonyl (C=O) groups excluding carboxylic acids is 1. The van der Waals surface area contributed by atoms with Gasteiger partial charge in [-0.25, -0.2) is 0 Å². The normalized spacial score (nSPS) is 10.7. The Morgan fingerprint density at radius 3 is 2.17 bits per heavy atom. The number of rotatable bonds is 11. The number of aromatic amines is 1. The van der Waals surface area contributed by atoms with Gasteiger partial charge in [-0.2, -0.15) is 0 Å². The highest BCUT2D eigenvalue weighted by Crippen LogP contribution is 2.11. The van der Waals surface area contributed by atoms with Crippen molar-refractivity contribution >= 4 is 5.78 Å². The number of carbonyl (C=O) groups is 1. The number of aromatic nitrogens is 1. The van der Waals surface area contributed by atoms with Crippen molar-refractivity contribution in [3.05, 3.63) is 24.0 Å². The fourth-order valence-corrected chi connectivity index (χ4v) is 2.13. The number of unbranched alkanes of at least 4 members (excludes halogenated alkanes) is 7. The highest BCUT2D eigenvalue weighted by atomic mass is 16.1. The predicted octanol–water partition coefficient (Wildman–Crippen LogP) is 3.67. The van der Waals surface area contributed by atoms with E-state index in [1.807, 2.05) is 12.1 Å². The number of hydrogen-bond acceptors (Lipinski definition) is 2. The molecular formula is C15H26N2O. The lowest BCUT2D eigenvalue weighted by Gasteiger charge is -2.01. The third-order valence-corrected chi connectivity index (χ3v) is 3.26. The van der Waals surface area contributed by atoms with Crippen LogP contribution in [0.25, 0.3) is 0 Å². The lowest BCUT2D eigenvalue weighted by atomic mass is 10.1. The van der Waals surface area contributed by atoms with Crippen LogP contribution in [0.1, 0.15) is 68.3 Å². The second kappa shape index (κ2) is 9.89. The van der Waals surface area contributed by atoms with Gasteiger partial charge in [0.25, 0.3) is 0 Å². The van der Waals surface area contributed by atoms with E-state index in [2.05, 4.69) is 4.98 Å². The van der Waals surface area contributed by atoms with Crippen LogP contribution in [0.4, 0.5) is 0 Å². The van der Waals surface area contributed by atoms with E-state index >= 15 is 0 Å². The molecule has 0 saturated heterocycles. The van der Waals surface area contributed by atoms with E-state index < -0.39 is 0 Å². The van der Waals surface area contributed by atoms with Crippen molar-refractivity contribution in [1.29, 1.82) is 0 Å². The molecule has 1 rings (SSSR count). The molecule has 3 heteroatoms. The summed E-state index contributed by atoms with van der Waals surface area (Å²) in [5.41, 5.74) is 6.19. The Bertz CT molecular complexity index is 306. The smallest absolute Gasteiger partial charge is 0.178 e. The van der Waals surface area contributed by atoms with Crippen molar-refractivity contribution < 1.29 is 4.79 Å². The third kappa shape index (κ3) is 6.60. The van der Waals surface area contributed by atoms with Crippen molar-refractivity contribution in [2.24, 2.45) is 5.73 Å². The molecule has 0 unspecified atom stereocenters. The standard InChI is InChI=1S/C15H26N2O/c16-12-8-6-4-2-1-3-5-7-11-15(18)14-10-9-13-17-14/h9-10,13,17H,1-8,11-12,16H2. The van der Waals surface area contributed by atoms with Gasteiger partial charge in [0.15, 0.2) is 5.78 Å². The summed E-state index contributed by atoms with van der Waals surface area (Å²) in [7, 11) is 0. The van der Waals surface area contributed by atoms with E-state index in [9.17, 15) is 4.79 Å². The van der Waals surface area contributed by atoms with Crippen molar-refractivity contribution in [2.45, 2.75) is 57.8 Å². The first-order valence-corrected chi connectivity index (χ1v) is 7.21. The molecule has 1 heterocycles. The van der Waals surface area contributed by atoms with Crippen LogP contribution >= 0.6 is 0 Å². The Balaban J connectivity index is 1.88. The minimum Gasteiger partial charge on any atom is -0.359 e. The number of Topliss-reactive ketones (excluding diaryl/α,β-unsaturated/α-hetero) is 1. The summed E-state index contributed by atoms with van der Waals surface area (Å²) in [6.45, 7) is 0.820. The van der Waals surface area contributed by atoms with Crippen LogP contribution in [0.5, 0.6) is 0 Å². The second-order valence-corrected chi connectivity index (χ2v) is 4.87. The van der Waals surface area contributed by atoms with Crippen LogP contribution in [-0.2, 0) is 0 Å². The molecule has 0 bridgehead atoms. The fourth-order valence-electron chi connectivity index (χ4n) is 2.13. The van der Waals surface area contributed by atoms with Crippen LogP contribution in [0.2, 0.25) is 0 Å². The van der Waals surface area contributed by atoms with Crippen LogP contribution in [-0.4, -0.2) is 17.3 Å². The van der Waals surface area contributed by atoms with Crippen LogP contribution < -0.4 is 5.73 Å². The molecule has 0 aliphatic rings. The Labute approximate surface area is 110 Å². The maximum Gasteiger partial charge on any atom is 0.178 e. The quantitative estimate of drug-likeness (QED) is 0.465. The molecule has 0 atom stereocenters. The predicted molar refractivity (Wildman–Crippen MR) is 75.7 cm³/mol.